The molecule has 0 fully saturated rings. The van der Waals surface area contributed by atoms with Crippen LogP contribution in [0.2, 0.25) is 0 Å². The van der Waals surface area contributed by atoms with Crippen LogP contribution in [0.4, 0.5) is 0 Å². The maximum atomic E-state index is 10.8. The van der Waals surface area contributed by atoms with Crippen molar-refractivity contribution in [2.75, 3.05) is 0 Å². The molecule has 2 nitrogen and oxygen atoms in total. The Bertz CT molecular complexity index is 538. The molecule has 0 saturated heterocycles. The lowest BCUT2D eigenvalue weighted by Gasteiger charge is -2.24. The van der Waals surface area contributed by atoms with Gasteiger partial charge < -0.3 is 9.84 Å². The lowest BCUT2D eigenvalue weighted by Crippen LogP contribution is -2.22. The number of aliphatic hydroxyl groups is 1. The molecule has 1 atom stereocenters. The number of hydrogen-bond acceptors (Lipinski definition) is 3. The fraction of sp³-hybridized carbons (Fsp3) is 0.375. The third-order valence-electron chi connectivity index (χ3n) is 3.09. The van der Waals surface area contributed by atoms with Crippen LogP contribution in [0.5, 0.6) is 5.75 Å². The van der Waals surface area contributed by atoms with E-state index in [1.807, 2.05) is 63.4 Å². The van der Waals surface area contributed by atoms with Gasteiger partial charge in [-0.05, 0) is 62.4 Å². The van der Waals surface area contributed by atoms with E-state index >= 15 is 0 Å². The summed E-state index contributed by atoms with van der Waals surface area (Å²) in [4.78, 5) is 0.991. The Labute approximate surface area is 118 Å². The van der Waals surface area contributed by atoms with Gasteiger partial charge in [-0.3, -0.25) is 0 Å². The van der Waals surface area contributed by atoms with E-state index in [1.54, 1.807) is 11.3 Å². The van der Waals surface area contributed by atoms with Crippen molar-refractivity contribution in [1.82, 2.24) is 0 Å². The van der Waals surface area contributed by atoms with Crippen molar-refractivity contribution in [3.63, 3.8) is 0 Å². The topological polar surface area (TPSA) is 29.5 Å². The van der Waals surface area contributed by atoms with Gasteiger partial charge in [0, 0.05) is 4.88 Å². The third-order valence-corrected chi connectivity index (χ3v) is 4.32. The molecule has 0 aliphatic carbocycles. The van der Waals surface area contributed by atoms with Gasteiger partial charge in [-0.15, -0.1) is 11.3 Å². The average molecular weight is 276 g/mol. The van der Waals surface area contributed by atoms with Crippen LogP contribution < -0.4 is 4.74 Å². The smallest absolute Gasteiger partial charge is 0.121 e. The SMILES string of the molecule is Cc1ccsc1C(C)(O)c1ccc(OC(C)C)cc1. The predicted molar refractivity (Wildman–Crippen MR) is 79.9 cm³/mol. The molecule has 0 aliphatic heterocycles. The van der Waals surface area contributed by atoms with Crippen LogP contribution in [-0.4, -0.2) is 11.2 Å². The number of rotatable bonds is 4. The fourth-order valence-corrected chi connectivity index (χ4v) is 3.14. The van der Waals surface area contributed by atoms with Gasteiger partial charge in [-0.2, -0.15) is 0 Å². The van der Waals surface area contributed by atoms with E-state index in [9.17, 15) is 5.11 Å². The molecular formula is C16H20O2S. The maximum absolute atomic E-state index is 10.8. The highest BCUT2D eigenvalue weighted by Gasteiger charge is 2.28. The normalized spacial score (nSPS) is 14.4. The molecule has 1 N–H and O–H groups in total. The minimum absolute atomic E-state index is 0.158. The number of hydrogen-bond donors (Lipinski definition) is 1. The largest absolute Gasteiger partial charge is 0.491 e. The van der Waals surface area contributed by atoms with Crippen molar-refractivity contribution in [3.8, 4) is 5.75 Å². The summed E-state index contributed by atoms with van der Waals surface area (Å²) in [5.41, 5.74) is 1.06. The Morgan fingerprint density at radius 2 is 1.79 bits per heavy atom. The molecule has 0 amide bonds. The van der Waals surface area contributed by atoms with Gasteiger partial charge in [0.05, 0.1) is 6.10 Å². The van der Waals surface area contributed by atoms with Gasteiger partial charge in [-0.1, -0.05) is 12.1 Å². The first kappa shape index (κ1) is 14.1. The summed E-state index contributed by atoms with van der Waals surface area (Å²) in [5, 5.41) is 12.8. The minimum Gasteiger partial charge on any atom is -0.491 e. The van der Waals surface area contributed by atoms with Gasteiger partial charge in [0.2, 0.25) is 0 Å². The standard InChI is InChI=1S/C16H20O2S/c1-11(2)18-14-7-5-13(6-8-14)16(4,17)15-12(3)9-10-19-15/h5-11,17H,1-4H3. The monoisotopic (exact) mass is 276 g/mol. The van der Waals surface area contributed by atoms with Crippen LogP contribution in [0, 0.1) is 6.92 Å². The molecule has 0 bridgehead atoms. The summed E-state index contributed by atoms with van der Waals surface area (Å²) in [6.45, 7) is 7.86. The Balaban J connectivity index is 2.29. The van der Waals surface area contributed by atoms with Crippen molar-refractivity contribution in [2.45, 2.75) is 39.4 Å². The molecule has 1 heterocycles. The Kier molecular flexibility index (Phi) is 3.97. The van der Waals surface area contributed by atoms with Crippen LogP contribution in [0.15, 0.2) is 35.7 Å². The zero-order valence-corrected chi connectivity index (χ0v) is 12.6. The Morgan fingerprint density at radius 3 is 2.26 bits per heavy atom. The lowest BCUT2D eigenvalue weighted by molar-refractivity contribution is 0.105. The van der Waals surface area contributed by atoms with Gasteiger partial charge in [0.15, 0.2) is 0 Å². The zero-order valence-electron chi connectivity index (χ0n) is 11.8. The number of benzene rings is 1. The van der Waals surface area contributed by atoms with E-state index in [0.29, 0.717) is 0 Å². The molecule has 0 aliphatic rings. The van der Waals surface area contributed by atoms with Crippen LogP contribution in [0.25, 0.3) is 0 Å². The summed E-state index contributed by atoms with van der Waals surface area (Å²) in [6, 6.07) is 9.71. The van der Waals surface area contributed by atoms with Gasteiger partial charge in [0.25, 0.3) is 0 Å². The van der Waals surface area contributed by atoms with Gasteiger partial charge in [-0.25, -0.2) is 0 Å². The first-order valence-corrected chi connectivity index (χ1v) is 7.33. The quantitative estimate of drug-likeness (QED) is 0.911. The molecular weight excluding hydrogens is 256 g/mol. The average Bonchev–Trinajstić information content (AvgIpc) is 2.76. The molecule has 1 aromatic carbocycles. The van der Waals surface area contributed by atoms with E-state index in [0.717, 1.165) is 21.8 Å². The molecule has 1 aromatic heterocycles. The first-order valence-electron chi connectivity index (χ1n) is 6.45. The van der Waals surface area contributed by atoms with E-state index in [-0.39, 0.29) is 6.10 Å². The van der Waals surface area contributed by atoms with Gasteiger partial charge in [0.1, 0.15) is 11.4 Å². The molecule has 2 rings (SSSR count). The lowest BCUT2D eigenvalue weighted by atomic mass is 9.92. The fourth-order valence-electron chi connectivity index (χ4n) is 2.13. The van der Waals surface area contributed by atoms with E-state index in [1.165, 1.54) is 0 Å². The third kappa shape index (κ3) is 2.99. The number of ether oxygens (including phenoxy) is 1. The second-order valence-electron chi connectivity index (χ2n) is 5.20. The first-order chi connectivity index (χ1) is 8.91. The Morgan fingerprint density at radius 1 is 1.16 bits per heavy atom. The summed E-state index contributed by atoms with van der Waals surface area (Å²) in [7, 11) is 0. The molecule has 0 saturated carbocycles. The second kappa shape index (κ2) is 5.35. The highest BCUT2D eigenvalue weighted by molar-refractivity contribution is 7.10. The highest BCUT2D eigenvalue weighted by Crippen LogP contribution is 2.35. The number of thiophene rings is 1. The van der Waals surface area contributed by atoms with Crippen LogP contribution in [0.3, 0.4) is 0 Å². The van der Waals surface area contributed by atoms with Crippen LogP contribution in [-0.2, 0) is 5.60 Å². The minimum atomic E-state index is -0.950. The van der Waals surface area contributed by atoms with Crippen molar-refractivity contribution >= 4 is 11.3 Å². The summed E-state index contributed by atoms with van der Waals surface area (Å²) >= 11 is 1.58. The maximum Gasteiger partial charge on any atom is 0.121 e. The zero-order chi connectivity index (χ0) is 14.0. The molecule has 19 heavy (non-hydrogen) atoms. The Hall–Kier alpha value is -1.32. The van der Waals surface area contributed by atoms with Crippen molar-refractivity contribution in [1.29, 1.82) is 0 Å². The second-order valence-corrected chi connectivity index (χ2v) is 6.11. The van der Waals surface area contributed by atoms with Gasteiger partial charge >= 0.3 is 0 Å². The van der Waals surface area contributed by atoms with E-state index < -0.39 is 5.60 Å². The van der Waals surface area contributed by atoms with E-state index in [4.69, 9.17) is 4.74 Å². The summed E-state index contributed by atoms with van der Waals surface area (Å²) in [6.07, 6.45) is 0.158. The molecule has 0 radical (unpaired) electrons. The summed E-state index contributed by atoms with van der Waals surface area (Å²) < 4.78 is 5.62. The highest BCUT2D eigenvalue weighted by atomic mass is 32.1. The predicted octanol–water partition coefficient (Wildman–Crippen LogP) is 4.10. The van der Waals surface area contributed by atoms with Crippen LogP contribution in [0.1, 0.15) is 36.8 Å². The number of aryl methyl sites for hydroxylation is 1. The molecule has 3 heteroatoms. The molecule has 0 spiro atoms. The van der Waals surface area contributed by atoms with Crippen molar-refractivity contribution < 1.29 is 9.84 Å². The molecule has 2 aromatic rings. The van der Waals surface area contributed by atoms with Crippen LogP contribution >= 0.6 is 11.3 Å². The van der Waals surface area contributed by atoms with Crippen molar-refractivity contribution in [2.24, 2.45) is 0 Å². The molecule has 102 valence electrons. The van der Waals surface area contributed by atoms with Crippen molar-refractivity contribution in [3.05, 3.63) is 51.7 Å². The summed E-state index contributed by atoms with van der Waals surface area (Å²) in [5.74, 6) is 0.831. The van der Waals surface area contributed by atoms with E-state index in [2.05, 4.69) is 0 Å². The molecule has 1 unspecified atom stereocenters.